The Morgan fingerprint density at radius 3 is 2.53 bits per heavy atom. The normalized spacial score (nSPS) is 18.1. The van der Waals surface area contributed by atoms with Gasteiger partial charge in [-0.05, 0) is 12.1 Å². The topological polar surface area (TPSA) is 100 Å². The summed E-state index contributed by atoms with van der Waals surface area (Å²) in [4.78, 5) is 25.6. The summed E-state index contributed by atoms with van der Waals surface area (Å²) in [5.41, 5.74) is -1.26. The number of halogens is 6. The molecule has 2 atom stereocenters. The van der Waals surface area contributed by atoms with Crippen molar-refractivity contribution in [3.05, 3.63) is 41.2 Å². The minimum Gasteiger partial charge on any atom is -0.395 e. The van der Waals surface area contributed by atoms with Crippen LogP contribution in [0.25, 0.3) is 11.3 Å². The maximum absolute atomic E-state index is 13.5. The van der Waals surface area contributed by atoms with Crippen LogP contribution < -0.4 is 4.90 Å². The van der Waals surface area contributed by atoms with Gasteiger partial charge in [0.1, 0.15) is 29.0 Å². The molecule has 4 heterocycles. The van der Waals surface area contributed by atoms with Crippen LogP contribution in [0.5, 0.6) is 0 Å². The van der Waals surface area contributed by atoms with Crippen molar-refractivity contribution in [1.29, 1.82) is 0 Å². The summed E-state index contributed by atoms with van der Waals surface area (Å²) >= 11 is 0.398. The second-order valence-electron chi connectivity index (χ2n) is 8.77. The monoisotopic (exact) mass is 563 g/mol. The van der Waals surface area contributed by atoms with Gasteiger partial charge in [0, 0.05) is 43.9 Å². The molecule has 3 aromatic heterocycles. The van der Waals surface area contributed by atoms with Crippen molar-refractivity contribution in [3.63, 3.8) is 0 Å². The van der Waals surface area contributed by atoms with Crippen LogP contribution in [-0.4, -0.2) is 79.9 Å². The van der Waals surface area contributed by atoms with E-state index in [1.165, 1.54) is 11.0 Å². The number of carbonyl (C=O) groups is 1. The molecule has 3 aromatic rings. The van der Waals surface area contributed by atoms with E-state index >= 15 is 0 Å². The average molecular weight is 564 g/mol. The van der Waals surface area contributed by atoms with E-state index in [1.54, 1.807) is 4.90 Å². The Labute approximate surface area is 216 Å². The minimum absolute atomic E-state index is 0.0216. The van der Waals surface area contributed by atoms with E-state index in [9.17, 15) is 36.2 Å². The lowest BCUT2D eigenvalue weighted by Gasteiger charge is -2.42. The molecule has 1 N–H and O–H groups in total. The quantitative estimate of drug-likeness (QED) is 0.329. The Morgan fingerprint density at radius 2 is 1.92 bits per heavy atom. The second-order valence-corrected chi connectivity index (χ2v) is 9.75. The number of thiazole rings is 1. The second kappa shape index (κ2) is 10.9. The fourth-order valence-electron chi connectivity index (χ4n) is 4.16. The van der Waals surface area contributed by atoms with Crippen molar-refractivity contribution in [2.75, 3.05) is 37.7 Å². The highest BCUT2D eigenvalue weighted by Crippen LogP contribution is 2.43. The Kier molecular flexibility index (Phi) is 8.04. The maximum atomic E-state index is 13.5. The van der Waals surface area contributed by atoms with Crippen LogP contribution in [0.4, 0.5) is 31.3 Å². The molecule has 206 valence electrons. The molecule has 1 unspecified atom stereocenters. The van der Waals surface area contributed by atoms with E-state index in [2.05, 4.69) is 20.1 Å². The molecule has 1 saturated heterocycles. The number of rotatable bonds is 8. The molecule has 4 rings (SSSR count). The van der Waals surface area contributed by atoms with E-state index in [0.717, 1.165) is 12.3 Å². The number of aldehydes is 1. The van der Waals surface area contributed by atoms with Gasteiger partial charge >= 0.3 is 12.4 Å². The van der Waals surface area contributed by atoms with Crippen LogP contribution in [0.3, 0.4) is 0 Å². The number of carbonyl (C=O) groups excluding carboxylic acids is 1. The Balaban J connectivity index is 1.55. The summed E-state index contributed by atoms with van der Waals surface area (Å²) in [7, 11) is 0. The van der Waals surface area contributed by atoms with Crippen molar-refractivity contribution in [2.24, 2.45) is 0 Å². The minimum atomic E-state index is -4.75. The molecule has 16 heteroatoms. The van der Waals surface area contributed by atoms with Crippen molar-refractivity contribution in [3.8, 4) is 11.3 Å². The molecular weight excluding hydrogens is 540 g/mol. The van der Waals surface area contributed by atoms with E-state index in [4.69, 9.17) is 0 Å². The number of hydrogen-bond acceptors (Lipinski definition) is 9. The number of hydrogen-bond donors (Lipinski definition) is 1. The Morgan fingerprint density at radius 1 is 1.16 bits per heavy atom. The first-order valence-electron chi connectivity index (χ1n) is 11.4. The standard InChI is InChI=1S/C22H23F6N7O2S/c1-13(18-30-12-35(32-18)6-7-36)9-33-4-5-34(10-15(33)11-37)19-17(31-20(38-19)22(26,27)28)14-2-3-16(29-8-14)21(23,24)25/h2-3,7-8,12-13,15,37H,4-6,9-11H2,1H3/t13?,15-/m1/s1. The van der Waals surface area contributed by atoms with Gasteiger partial charge in [-0.1, -0.05) is 18.3 Å². The molecule has 0 aliphatic carbocycles. The first-order valence-corrected chi connectivity index (χ1v) is 12.3. The molecule has 0 radical (unpaired) electrons. The first-order chi connectivity index (χ1) is 17.9. The third-order valence-electron chi connectivity index (χ3n) is 6.05. The van der Waals surface area contributed by atoms with E-state index < -0.39 is 29.1 Å². The fraction of sp³-hybridized carbons (Fsp3) is 0.500. The van der Waals surface area contributed by atoms with Gasteiger partial charge in [-0.25, -0.2) is 14.6 Å². The smallest absolute Gasteiger partial charge is 0.395 e. The molecule has 0 aromatic carbocycles. The van der Waals surface area contributed by atoms with Gasteiger partial charge in [0.25, 0.3) is 0 Å². The fourth-order valence-corrected chi connectivity index (χ4v) is 5.15. The summed E-state index contributed by atoms with van der Waals surface area (Å²) in [6, 6.07) is 1.30. The van der Waals surface area contributed by atoms with Gasteiger partial charge in [0.15, 0.2) is 5.82 Å². The lowest BCUT2D eigenvalue weighted by atomic mass is 10.1. The van der Waals surface area contributed by atoms with Crippen LogP contribution >= 0.6 is 11.3 Å². The number of aromatic nitrogens is 5. The van der Waals surface area contributed by atoms with Crippen LogP contribution in [0.1, 0.15) is 29.4 Å². The molecule has 1 aliphatic rings. The highest BCUT2D eigenvalue weighted by Gasteiger charge is 2.39. The number of piperazine rings is 1. The number of nitrogens with zero attached hydrogens (tertiary/aromatic N) is 7. The molecule has 0 spiro atoms. The molecule has 0 bridgehead atoms. The van der Waals surface area contributed by atoms with Gasteiger partial charge in [0.2, 0.25) is 5.01 Å². The summed E-state index contributed by atoms with van der Waals surface area (Å²) in [6.45, 7) is 2.97. The van der Waals surface area contributed by atoms with Crippen LogP contribution in [-0.2, 0) is 23.7 Å². The van der Waals surface area contributed by atoms with Crippen molar-refractivity contribution in [2.45, 2.75) is 37.8 Å². The van der Waals surface area contributed by atoms with Crippen LogP contribution in [0.15, 0.2) is 24.7 Å². The molecule has 0 amide bonds. The average Bonchev–Trinajstić information content (AvgIpc) is 3.52. The predicted octanol–water partition coefficient (Wildman–Crippen LogP) is 3.32. The van der Waals surface area contributed by atoms with E-state index in [-0.39, 0.29) is 48.4 Å². The van der Waals surface area contributed by atoms with Crippen molar-refractivity contribution in [1.82, 2.24) is 29.6 Å². The van der Waals surface area contributed by atoms with Gasteiger partial charge in [0.05, 0.1) is 19.2 Å². The lowest BCUT2D eigenvalue weighted by molar-refractivity contribution is -0.141. The molecule has 1 fully saturated rings. The number of aliphatic hydroxyl groups excluding tert-OH is 1. The van der Waals surface area contributed by atoms with E-state index in [0.29, 0.717) is 42.6 Å². The summed E-state index contributed by atoms with van der Waals surface area (Å²) in [6.07, 6.45) is -6.43. The maximum Gasteiger partial charge on any atom is 0.443 e. The molecule has 0 saturated carbocycles. The van der Waals surface area contributed by atoms with Crippen LogP contribution in [0.2, 0.25) is 0 Å². The lowest BCUT2D eigenvalue weighted by Crippen LogP contribution is -2.55. The number of anilines is 1. The van der Waals surface area contributed by atoms with Gasteiger partial charge in [-0.15, -0.1) is 0 Å². The molecule has 9 nitrogen and oxygen atoms in total. The van der Waals surface area contributed by atoms with Gasteiger partial charge < -0.3 is 14.8 Å². The number of aliphatic hydroxyl groups is 1. The van der Waals surface area contributed by atoms with E-state index in [1.807, 2.05) is 11.8 Å². The number of pyridine rings is 1. The number of alkyl halides is 6. The Hall–Kier alpha value is -3.11. The van der Waals surface area contributed by atoms with Crippen molar-refractivity contribution >= 4 is 22.6 Å². The summed E-state index contributed by atoms with van der Waals surface area (Å²) in [5, 5.41) is 13.3. The highest BCUT2D eigenvalue weighted by atomic mass is 32.1. The Bertz CT molecular complexity index is 1240. The zero-order valence-corrected chi connectivity index (χ0v) is 20.8. The third kappa shape index (κ3) is 6.13. The molecule has 1 aliphatic heterocycles. The molecular formula is C22H23F6N7O2S. The predicted molar refractivity (Wildman–Crippen MR) is 125 cm³/mol. The highest BCUT2D eigenvalue weighted by molar-refractivity contribution is 7.16. The first kappa shape index (κ1) is 27.9. The zero-order chi connectivity index (χ0) is 27.7. The van der Waals surface area contributed by atoms with Crippen LogP contribution in [0, 0.1) is 0 Å². The van der Waals surface area contributed by atoms with Gasteiger partial charge in [-0.3, -0.25) is 9.88 Å². The molecule has 38 heavy (non-hydrogen) atoms. The SMILES string of the molecule is CC(CN1CCN(c2sc(C(F)(F)F)nc2-c2ccc(C(F)(F)F)nc2)C[C@@H]1CO)c1ncn(CC=O)n1. The largest absolute Gasteiger partial charge is 0.443 e. The third-order valence-corrected chi connectivity index (χ3v) is 7.21. The summed E-state index contributed by atoms with van der Waals surface area (Å²) < 4.78 is 80.8. The van der Waals surface area contributed by atoms with Crippen molar-refractivity contribution < 1.29 is 36.2 Å². The zero-order valence-electron chi connectivity index (χ0n) is 19.9. The summed E-state index contributed by atoms with van der Waals surface area (Å²) in [5.74, 6) is 0.359. The van der Waals surface area contributed by atoms with Gasteiger partial charge in [-0.2, -0.15) is 31.4 Å².